The van der Waals surface area contributed by atoms with Gasteiger partial charge in [0.15, 0.2) is 0 Å². The molecule has 0 unspecified atom stereocenters. The van der Waals surface area contributed by atoms with Crippen molar-refractivity contribution in [3.63, 3.8) is 0 Å². The smallest absolute Gasteiger partial charge is 0.338 e. The van der Waals surface area contributed by atoms with Crippen LogP contribution in [0.1, 0.15) is 26.6 Å². The molecule has 24 heavy (non-hydrogen) atoms. The van der Waals surface area contributed by atoms with E-state index in [0.29, 0.717) is 27.8 Å². The van der Waals surface area contributed by atoms with E-state index < -0.39 is 5.97 Å². The molecule has 0 spiro atoms. The van der Waals surface area contributed by atoms with Crippen LogP contribution in [0.5, 0.6) is 0 Å². The second-order valence-corrected chi connectivity index (χ2v) is 6.14. The topological polar surface area (TPSA) is 82.8 Å². The van der Waals surface area contributed by atoms with E-state index in [1.807, 2.05) is 19.1 Å². The van der Waals surface area contributed by atoms with Crippen molar-refractivity contribution in [1.82, 2.24) is 14.6 Å². The van der Waals surface area contributed by atoms with Crippen LogP contribution in [0.4, 0.5) is 0 Å². The molecule has 0 amide bonds. The molecule has 0 saturated heterocycles. The maximum Gasteiger partial charge on any atom is 0.338 e. The summed E-state index contributed by atoms with van der Waals surface area (Å²) in [4.78, 5) is 28.9. The number of aryl methyl sites for hydroxylation is 1. The second-order valence-electron chi connectivity index (χ2n) is 5.10. The minimum atomic E-state index is -0.445. The molecule has 0 bridgehead atoms. The van der Waals surface area contributed by atoms with Gasteiger partial charge in [-0.25, -0.2) is 9.78 Å². The number of carbonyl (C=O) groups excluding carboxylic acids is 1. The van der Waals surface area contributed by atoms with Crippen LogP contribution in [-0.2, 0) is 22.7 Å². The SMILES string of the molecule is COCc1nn2c(=O)cc(COC(=O)c3ccccc3C)nc2s1. The Morgan fingerprint density at radius 3 is 2.83 bits per heavy atom. The van der Waals surface area contributed by atoms with Crippen molar-refractivity contribution < 1.29 is 14.3 Å². The highest BCUT2D eigenvalue weighted by Gasteiger charge is 2.13. The van der Waals surface area contributed by atoms with Crippen LogP contribution in [0, 0.1) is 6.92 Å². The van der Waals surface area contributed by atoms with Crippen LogP contribution >= 0.6 is 11.3 Å². The number of benzene rings is 1. The molecule has 3 rings (SSSR count). The van der Waals surface area contributed by atoms with Crippen LogP contribution < -0.4 is 5.56 Å². The highest BCUT2D eigenvalue weighted by Crippen LogP contribution is 2.13. The number of methoxy groups -OCH3 is 1. The predicted octanol–water partition coefficient (Wildman–Crippen LogP) is 1.96. The average Bonchev–Trinajstić information content (AvgIpc) is 2.96. The quantitative estimate of drug-likeness (QED) is 0.658. The first-order valence-corrected chi connectivity index (χ1v) is 8.00. The summed E-state index contributed by atoms with van der Waals surface area (Å²) in [6.07, 6.45) is 0. The lowest BCUT2D eigenvalue weighted by Crippen LogP contribution is -2.17. The molecule has 0 fully saturated rings. The summed E-state index contributed by atoms with van der Waals surface area (Å²) in [6, 6.07) is 8.47. The van der Waals surface area contributed by atoms with Gasteiger partial charge in [-0.1, -0.05) is 29.5 Å². The minimum Gasteiger partial charge on any atom is -0.456 e. The number of fused-ring (bicyclic) bond motifs is 1. The monoisotopic (exact) mass is 345 g/mol. The van der Waals surface area contributed by atoms with Crippen molar-refractivity contribution >= 4 is 22.3 Å². The minimum absolute atomic E-state index is 0.0730. The van der Waals surface area contributed by atoms with Crippen molar-refractivity contribution in [3.8, 4) is 0 Å². The van der Waals surface area contributed by atoms with E-state index in [1.54, 1.807) is 19.2 Å². The maximum atomic E-state index is 12.1. The van der Waals surface area contributed by atoms with E-state index in [1.165, 1.54) is 21.9 Å². The summed E-state index contributed by atoms with van der Waals surface area (Å²) in [6.45, 7) is 2.07. The van der Waals surface area contributed by atoms with Gasteiger partial charge in [0.2, 0.25) is 4.96 Å². The Morgan fingerprint density at radius 1 is 1.29 bits per heavy atom. The number of aromatic nitrogens is 3. The van der Waals surface area contributed by atoms with Crippen LogP contribution in [-0.4, -0.2) is 27.7 Å². The molecule has 0 aliphatic carbocycles. The van der Waals surface area contributed by atoms with E-state index >= 15 is 0 Å². The number of nitrogens with zero attached hydrogens (tertiary/aromatic N) is 3. The molecule has 2 aromatic heterocycles. The van der Waals surface area contributed by atoms with Gasteiger partial charge < -0.3 is 9.47 Å². The van der Waals surface area contributed by atoms with E-state index in [4.69, 9.17) is 9.47 Å². The van der Waals surface area contributed by atoms with Crippen LogP contribution in [0.3, 0.4) is 0 Å². The Kier molecular flexibility index (Phi) is 4.68. The Hall–Kier alpha value is -2.58. The molecule has 0 aliphatic heterocycles. The van der Waals surface area contributed by atoms with Crippen molar-refractivity contribution in [2.24, 2.45) is 0 Å². The number of carbonyl (C=O) groups is 1. The zero-order valence-electron chi connectivity index (χ0n) is 13.2. The maximum absolute atomic E-state index is 12.1. The average molecular weight is 345 g/mol. The first-order chi connectivity index (χ1) is 11.6. The Morgan fingerprint density at radius 2 is 2.08 bits per heavy atom. The first kappa shape index (κ1) is 16.3. The van der Waals surface area contributed by atoms with E-state index in [2.05, 4.69) is 10.1 Å². The van der Waals surface area contributed by atoms with Gasteiger partial charge in [0, 0.05) is 13.2 Å². The van der Waals surface area contributed by atoms with Gasteiger partial charge >= 0.3 is 5.97 Å². The lowest BCUT2D eigenvalue weighted by molar-refractivity contribution is 0.0467. The number of esters is 1. The highest BCUT2D eigenvalue weighted by molar-refractivity contribution is 7.16. The van der Waals surface area contributed by atoms with E-state index in [9.17, 15) is 9.59 Å². The molecule has 0 N–H and O–H groups in total. The molecule has 124 valence electrons. The van der Waals surface area contributed by atoms with E-state index in [0.717, 1.165) is 5.56 Å². The molecule has 2 heterocycles. The zero-order chi connectivity index (χ0) is 17.1. The third-order valence-electron chi connectivity index (χ3n) is 3.32. The molecule has 0 radical (unpaired) electrons. The molecular weight excluding hydrogens is 330 g/mol. The van der Waals surface area contributed by atoms with Gasteiger partial charge in [-0.3, -0.25) is 4.79 Å². The predicted molar refractivity (Wildman–Crippen MR) is 88.1 cm³/mol. The lowest BCUT2D eigenvalue weighted by Gasteiger charge is -2.06. The van der Waals surface area contributed by atoms with Crippen molar-refractivity contribution in [1.29, 1.82) is 0 Å². The Bertz CT molecular complexity index is 948. The molecular formula is C16H15N3O4S. The third-order valence-corrected chi connectivity index (χ3v) is 4.21. The lowest BCUT2D eigenvalue weighted by atomic mass is 10.1. The largest absolute Gasteiger partial charge is 0.456 e. The molecule has 1 aromatic carbocycles. The van der Waals surface area contributed by atoms with Crippen molar-refractivity contribution in [2.45, 2.75) is 20.1 Å². The van der Waals surface area contributed by atoms with Gasteiger partial charge in [0.05, 0.1) is 17.9 Å². The number of ether oxygens (including phenoxy) is 2. The summed E-state index contributed by atoms with van der Waals surface area (Å²) >= 11 is 1.26. The summed E-state index contributed by atoms with van der Waals surface area (Å²) in [5.74, 6) is -0.445. The van der Waals surface area contributed by atoms with Crippen molar-refractivity contribution in [3.05, 3.63) is 62.5 Å². The zero-order valence-corrected chi connectivity index (χ0v) is 14.0. The fourth-order valence-electron chi connectivity index (χ4n) is 2.17. The highest BCUT2D eigenvalue weighted by atomic mass is 32.1. The number of rotatable bonds is 5. The van der Waals surface area contributed by atoms with Crippen LogP contribution in [0.25, 0.3) is 4.96 Å². The van der Waals surface area contributed by atoms with Gasteiger partial charge in [0.25, 0.3) is 5.56 Å². The first-order valence-electron chi connectivity index (χ1n) is 7.19. The third kappa shape index (κ3) is 3.34. The van der Waals surface area contributed by atoms with Crippen LogP contribution in [0.2, 0.25) is 0 Å². The summed E-state index contributed by atoms with van der Waals surface area (Å²) in [5.41, 5.74) is 1.39. The molecule has 0 atom stereocenters. The van der Waals surface area contributed by atoms with Gasteiger partial charge in [-0.05, 0) is 18.6 Å². The molecule has 3 aromatic rings. The Labute approximate surface area is 141 Å². The summed E-state index contributed by atoms with van der Waals surface area (Å²) < 4.78 is 11.5. The summed E-state index contributed by atoms with van der Waals surface area (Å²) in [7, 11) is 1.55. The normalized spacial score (nSPS) is 10.9. The van der Waals surface area contributed by atoms with E-state index in [-0.39, 0.29) is 12.2 Å². The molecule has 0 saturated carbocycles. The Balaban J connectivity index is 1.79. The van der Waals surface area contributed by atoms with Crippen molar-refractivity contribution in [2.75, 3.05) is 7.11 Å². The fraction of sp³-hybridized carbons (Fsp3) is 0.250. The number of hydrogen-bond donors (Lipinski definition) is 0. The molecule has 0 aliphatic rings. The standard InChI is InChI=1S/C16H15N3O4S/c1-10-5-3-4-6-12(10)15(21)23-8-11-7-14(20)19-16(17-11)24-13(18-19)9-22-2/h3-7H,8-9H2,1-2H3. The number of hydrogen-bond acceptors (Lipinski definition) is 7. The van der Waals surface area contributed by atoms with Gasteiger partial charge in [-0.2, -0.15) is 9.61 Å². The molecule has 8 heteroatoms. The van der Waals surface area contributed by atoms with Gasteiger partial charge in [-0.15, -0.1) is 0 Å². The molecule has 7 nitrogen and oxygen atoms in total. The fourth-order valence-corrected chi connectivity index (χ4v) is 3.06. The van der Waals surface area contributed by atoms with Crippen LogP contribution in [0.15, 0.2) is 35.1 Å². The second kappa shape index (κ2) is 6.90. The van der Waals surface area contributed by atoms with Gasteiger partial charge in [0.1, 0.15) is 11.6 Å². The summed E-state index contributed by atoms with van der Waals surface area (Å²) in [5, 5.41) is 4.77.